The van der Waals surface area contributed by atoms with Gasteiger partial charge in [-0.15, -0.1) is 0 Å². The lowest BCUT2D eigenvalue weighted by Gasteiger charge is -2.51. The average Bonchev–Trinajstić information content (AvgIpc) is 2.97. The van der Waals surface area contributed by atoms with Crippen LogP contribution in [0.5, 0.6) is 0 Å². The number of hydrogen-bond donors (Lipinski definition) is 3. The van der Waals surface area contributed by atoms with Crippen molar-refractivity contribution in [1.29, 1.82) is 0 Å². The third-order valence-electron chi connectivity index (χ3n) is 5.78. The standard InChI is InChI=1S/C16H24F3N3O2/c17-16(18,19)13(10-4-1-2-5-10)21-14(24)20-11-6-7-12(23)22-15(11)8-3-9-15/h10-11,13H,1-9H2,(H,22,23)(H2,20,21,24)/t11-,13-/m0/s1. The van der Waals surface area contributed by atoms with Gasteiger partial charge in [-0.2, -0.15) is 13.2 Å². The fourth-order valence-corrected chi connectivity index (χ4v) is 4.32. The fourth-order valence-electron chi connectivity index (χ4n) is 4.32. The number of nitrogens with one attached hydrogen (secondary N) is 3. The third-order valence-corrected chi connectivity index (χ3v) is 5.78. The molecule has 0 radical (unpaired) electrons. The zero-order valence-electron chi connectivity index (χ0n) is 13.5. The van der Waals surface area contributed by atoms with E-state index in [1.807, 2.05) is 0 Å². The Balaban J connectivity index is 1.62. The van der Waals surface area contributed by atoms with Crippen LogP contribution in [0.15, 0.2) is 0 Å². The van der Waals surface area contributed by atoms with Gasteiger partial charge in [-0.3, -0.25) is 4.79 Å². The van der Waals surface area contributed by atoms with Gasteiger partial charge in [0.05, 0.1) is 11.6 Å². The minimum absolute atomic E-state index is 0.0488. The van der Waals surface area contributed by atoms with E-state index in [2.05, 4.69) is 16.0 Å². The van der Waals surface area contributed by atoms with E-state index in [0.717, 1.165) is 32.1 Å². The van der Waals surface area contributed by atoms with E-state index >= 15 is 0 Å². The van der Waals surface area contributed by atoms with Crippen LogP contribution in [0.25, 0.3) is 0 Å². The zero-order chi connectivity index (χ0) is 17.4. The Bertz CT molecular complexity index is 499. The molecule has 24 heavy (non-hydrogen) atoms. The molecular formula is C16H24F3N3O2. The number of urea groups is 1. The molecule has 1 heterocycles. The molecule has 1 spiro atoms. The van der Waals surface area contributed by atoms with Crippen molar-refractivity contribution in [3.05, 3.63) is 0 Å². The van der Waals surface area contributed by atoms with Gasteiger partial charge in [0.25, 0.3) is 0 Å². The number of halogens is 3. The quantitative estimate of drug-likeness (QED) is 0.734. The molecule has 8 heteroatoms. The summed E-state index contributed by atoms with van der Waals surface area (Å²) in [4.78, 5) is 23.8. The monoisotopic (exact) mass is 347 g/mol. The smallest absolute Gasteiger partial charge is 0.349 e. The molecule has 0 unspecified atom stereocenters. The van der Waals surface area contributed by atoms with Crippen molar-refractivity contribution in [1.82, 2.24) is 16.0 Å². The normalized spacial score (nSPS) is 28.1. The lowest BCUT2D eigenvalue weighted by Crippen LogP contribution is -2.69. The van der Waals surface area contributed by atoms with Gasteiger partial charge in [0.1, 0.15) is 6.04 Å². The molecule has 136 valence electrons. The van der Waals surface area contributed by atoms with Gasteiger partial charge in [0.2, 0.25) is 5.91 Å². The second-order valence-corrected chi connectivity index (χ2v) is 7.33. The lowest BCUT2D eigenvalue weighted by molar-refractivity contribution is -0.164. The summed E-state index contributed by atoms with van der Waals surface area (Å²) < 4.78 is 39.9. The first kappa shape index (κ1) is 17.4. The molecule has 1 aliphatic heterocycles. The summed E-state index contributed by atoms with van der Waals surface area (Å²) in [6.45, 7) is 0. The Morgan fingerprint density at radius 1 is 1.17 bits per heavy atom. The predicted molar refractivity (Wildman–Crippen MR) is 81.2 cm³/mol. The van der Waals surface area contributed by atoms with E-state index < -0.39 is 29.7 Å². The van der Waals surface area contributed by atoms with Crippen LogP contribution < -0.4 is 16.0 Å². The van der Waals surface area contributed by atoms with Gasteiger partial charge in [-0.05, 0) is 44.4 Å². The second kappa shape index (κ2) is 6.44. The molecule has 1 saturated heterocycles. The van der Waals surface area contributed by atoms with E-state index in [-0.39, 0.29) is 18.4 Å². The highest BCUT2D eigenvalue weighted by atomic mass is 19.4. The van der Waals surface area contributed by atoms with Crippen LogP contribution in [0.2, 0.25) is 0 Å². The summed E-state index contributed by atoms with van der Waals surface area (Å²) in [6, 6.07) is -2.88. The summed E-state index contributed by atoms with van der Waals surface area (Å²) >= 11 is 0. The molecule has 0 bridgehead atoms. The maximum Gasteiger partial charge on any atom is 0.408 e. The van der Waals surface area contributed by atoms with Gasteiger partial charge >= 0.3 is 12.2 Å². The van der Waals surface area contributed by atoms with Crippen LogP contribution in [0.1, 0.15) is 57.8 Å². The van der Waals surface area contributed by atoms with Gasteiger partial charge in [-0.25, -0.2) is 4.79 Å². The van der Waals surface area contributed by atoms with Crippen molar-refractivity contribution < 1.29 is 22.8 Å². The van der Waals surface area contributed by atoms with Crippen molar-refractivity contribution in [3.8, 4) is 0 Å². The Morgan fingerprint density at radius 3 is 2.38 bits per heavy atom. The number of carbonyl (C=O) groups is 2. The first-order chi connectivity index (χ1) is 11.3. The molecule has 3 N–H and O–H groups in total. The second-order valence-electron chi connectivity index (χ2n) is 7.33. The Hall–Kier alpha value is -1.47. The molecule has 0 aromatic carbocycles. The molecule has 2 aliphatic carbocycles. The third kappa shape index (κ3) is 3.47. The van der Waals surface area contributed by atoms with Crippen LogP contribution in [-0.2, 0) is 4.79 Å². The first-order valence-corrected chi connectivity index (χ1v) is 8.75. The number of amides is 3. The predicted octanol–water partition coefficient (Wildman–Crippen LogP) is 2.61. The van der Waals surface area contributed by atoms with Crippen molar-refractivity contribution in [2.24, 2.45) is 5.92 Å². The molecule has 0 aromatic heterocycles. The highest BCUT2D eigenvalue weighted by Crippen LogP contribution is 2.39. The number of carbonyl (C=O) groups excluding carboxylic acids is 2. The van der Waals surface area contributed by atoms with Crippen LogP contribution >= 0.6 is 0 Å². The van der Waals surface area contributed by atoms with Crippen LogP contribution in [0.4, 0.5) is 18.0 Å². The molecule has 0 aromatic rings. The number of rotatable bonds is 3. The van der Waals surface area contributed by atoms with E-state index in [1.165, 1.54) is 0 Å². The van der Waals surface area contributed by atoms with Crippen molar-refractivity contribution in [2.75, 3.05) is 0 Å². The molecule has 5 nitrogen and oxygen atoms in total. The summed E-state index contributed by atoms with van der Waals surface area (Å²) in [6.07, 6.45) is 1.33. The largest absolute Gasteiger partial charge is 0.408 e. The Labute approximate surface area is 139 Å². The zero-order valence-corrected chi connectivity index (χ0v) is 13.5. The van der Waals surface area contributed by atoms with Crippen LogP contribution in [-0.4, -0.2) is 35.7 Å². The van der Waals surface area contributed by atoms with E-state index in [9.17, 15) is 22.8 Å². The van der Waals surface area contributed by atoms with Gasteiger partial charge < -0.3 is 16.0 Å². The molecule has 3 fully saturated rings. The molecule has 2 saturated carbocycles. The maximum absolute atomic E-state index is 13.3. The molecule has 3 rings (SSSR count). The maximum atomic E-state index is 13.3. The lowest BCUT2D eigenvalue weighted by atomic mass is 9.68. The van der Waals surface area contributed by atoms with E-state index in [1.54, 1.807) is 0 Å². The molecule has 2 atom stereocenters. The topological polar surface area (TPSA) is 70.2 Å². The number of piperidine rings is 1. The summed E-state index contributed by atoms with van der Waals surface area (Å²) in [5.74, 6) is -0.591. The average molecular weight is 347 g/mol. The summed E-state index contributed by atoms with van der Waals surface area (Å²) in [5.41, 5.74) is -0.465. The molecular weight excluding hydrogens is 323 g/mol. The SMILES string of the molecule is O=C1CC[C@H](NC(=O)N[C@@H](C2CCCC2)C(F)(F)F)C2(CCC2)N1. The number of alkyl halides is 3. The minimum Gasteiger partial charge on any atom is -0.349 e. The minimum atomic E-state index is -4.44. The van der Waals surface area contributed by atoms with Crippen LogP contribution in [0, 0.1) is 5.92 Å². The Morgan fingerprint density at radius 2 is 1.83 bits per heavy atom. The molecule has 3 aliphatic rings. The highest BCUT2D eigenvalue weighted by Gasteiger charge is 2.50. The Kier molecular flexibility index (Phi) is 4.66. The summed E-state index contributed by atoms with van der Waals surface area (Å²) in [7, 11) is 0. The van der Waals surface area contributed by atoms with Gasteiger partial charge in [0.15, 0.2) is 0 Å². The van der Waals surface area contributed by atoms with Crippen molar-refractivity contribution in [3.63, 3.8) is 0 Å². The van der Waals surface area contributed by atoms with Gasteiger partial charge in [0, 0.05) is 6.42 Å². The highest BCUT2D eigenvalue weighted by molar-refractivity contribution is 5.80. The van der Waals surface area contributed by atoms with E-state index in [0.29, 0.717) is 19.3 Å². The first-order valence-electron chi connectivity index (χ1n) is 8.75. The van der Waals surface area contributed by atoms with Crippen molar-refractivity contribution in [2.45, 2.75) is 81.6 Å². The van der Waals surface area contributed by atoms with Gasteiger partial charge in [-0.1, -0.05) is 12.8 Å². The van der Waals surface area contributed by atoms with Crippen molar-refractivity contribution >= 4 is 11.9 Å². The fraction of sp³-hybridized carbons (Fsp3) is 0.875. The number of hydrogen-bond acceptors (Lipinski definition) is 2. The summed E-state index contributed by atoms with van der Waals surface area (Å²) in [5, 5.41) is 7.77. The van der Waals surface area contributed by atoms with E-state index in [4.69, 9.17) is 0 Å². The molecule has 3 amide bonds. The van der Waals surface area contributed by atoms with Crippen LogP contribution in [0.3, 0.4) is 0 Å².